The molecule has 0 saturated carbocycles. The zero-order valence-electron chi connectivity index (χ0n) is 12.8. The number of aromatic carboxylic acids is 1. The summed E-state index contributed by atoms with van der Waals surface area (Å²) in [4.78, 5) is 40.3. The number of carbonyl (C=O) groups is 3. The first kappa shape index (κ1) is 16.4. The van der Waals surface area contributed by atoms with E-state index in [1.54, 1.807) is 11.9 Å². The summed E-state index contributed by atoms with van der Waals surface area (Å²) in [6.45, 7) is 4.13. The molecule has 8 heteroatoms. The normalized spacial score (nSPS) is 20.2. The largest absolute Gasteiger partial charge is 0.476 e. The van der Waals surface area contributed by atoms with Crippen LogP contribution < -0.4 is 5.32 Å². The van der Waals surface area contributed by atoms with E-state index in [1.165, 1.54) is 16.7 Å². The van der Waals surface area contributed by atoms with Gasteiger partial charge in [-0.25, -0.2) is 9.78 Å². The molecule has 120 valence electrons. The second-order valence-electron chi connectivity index (χ2n) is 5.84. The topological polar surface area (TPSA) is 99.6 Å². The van der Waals surface area contributed by atoms with E-state index in [0.717, 1.165) is 0 Å². The van der Waals surface area contributed by atoms with Gasteiger partial charge in [0, 0.05) is 37.4 Å². The third-order valence-electron chi connectivity index (χ3n) is 4.20. The van der Waals surface area contributed by atoms with Crippen LogP contribution in [0.5, 0.6) is 0 Å². The summed E-state index contributed by atoms with van der Waals surface area (Å²) in [6, 6.07) is 0. The monoisotopic (exact) mass is 325 g/mol. The summed E-state index contributed by atoms with van der Waals surface area (Å²) in [5, 5.41) is 13.8. The zero-order valence-corrected chi connectivity index (χ0v) is 13.6. The van der Waals surface area contributed by atoms with E-state index in [9.17, 15) is 14.4 Å². The standard InChI is InChI=1S/C14H19N3O4S/c1-14(2)8(6-11(18)17(14)3)12(19)15-5-4-10-16-9(7-22-10)13(20)21/h7-8H,4-6H2,1-3H3,(H,15,19)(H,20,21). The molecule has 1 aliphatic rings. The number of rotatable bonds is 5. The van der Waals surface area contributed by atoms with Crippen LogP contribution in [-0.2, 0) is 16.0 Å². The molecular formula is C14H19N3O4S. The Labute approximate surface area is 132 Å². The fraction of sp³-hybridized carbons (Fsp3) is 0.571. The maximum atomic E-state index is 12.3. The Morgan fingerprint density at radius 1 is 1.55 bits per heavy atom. The van der Waals surface area contributed by atoms with E-state index in [4.69, 9.17) is 5.11 Å². The van der Waals surface area contributed by atoms with E-state index in [2.05, 4.69) is 10.3 Å². The number of amides is 2. The van der Waals surface area contributed by atoms with Crippen LogP contribution in [0.3, 0.4) is 0 Å². The molecule has 1 aromatic rings. The highest BCUT2D eigenvalue weighted by molar-refractivity contribution is 7.09. The molecule has 0 spiro atoms. The van der Waals surface area contributed by atoms with Crippen LogP contribution in [0, 0.1) is 5.92 Å². The van der Waals surface area contributed by atoms with Gasteiger partial charge in [0.1, 0.15) is 0 Å². The van der Waals surface area contributed by atoms with Gasteiger partial charge >= 0.3 is 5.97 Å². The Hall–Kier alpha value is -1.96. The number of likely N-dealkylation sites (tertiary alicyclic amines) is 1. The maximum Gasteiger partial charge on any atom is 0.355 e. The summed E-state index contributed by atoms with van der Waals surface area (Å²) >= 11 is 1.26. The molecule has 22 heavy (non-hydrogen) atoms. The third-order valence-corrected chi connectivity index (χ3v) is 5.10. The SMILES string of the molecule is CN1C(=O)CC(C(=O)NCCc2nc(C(=O)O)cs2)C1(C)C. The second kappa shape index (κ2) is 6.04. The maximum absolute atomic E-state index is 12.3. The number of aromatic nitrogens is 1. The number of nitrogens with one attached hydrogen (secondary N) is 1. The molecule has 2 N–H and O–H groups in total. The Kier molecular flexibility index (Phi) is 4.50. The molecule has 1 aromatic heterocycles. The highest BCUT2D eigenvalue weighted by Gasteiger charge is 2.47. The van der Waals surface area contributed by atoms with E-state index in [1.807, 2.05) is 13.8 Å². The van der Waals surface area contributed by atoms with Crippen molar-refractivity contribution in [2.75, 3.05) is 13.6 Å². The fourth-order valence-corrected chi connectivity index (χ4v) is 3.24. The van der Waals surface area contributed by atoms with Crippen molar-refractivity contribution in [2.45, 2.75) is 32.2 Å². The molecule has 2 amide bonds. The van der Waals surface area contributed by atoms with Gasteiger partial charge in [-0.2, -0.15) is 0 Å². The van der Waals surface area contributed by atoms with Gasteiger partial charge in [0.15, 0.2) is 5.69 Å². The van der Waals surface area contributed by atoms with E-state index in [0.29, 0.717) is 18.0 Å². The lowest BCUT2D eigenvalue weighted by Crippen LogP contribution is -2.47. The van der Waals surface area contributed by atoms with E-state index in [-0.39, 0.29) is 29.8 Å². The minimum atomic E-state index is -1.05. The number of hydrogen-bond donors (Lipinski definition) is 2. The lowest BCUT2D eigenvalue weighted by Gasteiger charge is -2.32. The van der Waals surface area contributed by atoms with Crippen LogP contribution in [0.4, 0.5) is 0 Å². The van der Waals surface area contributed by atoms with Crippen molar-refractivity contribution in [3.63, 3.8) is 0 Å². The number of nitrogens with zero attached hydrogens (tertiary/aromatic N) is 2. The van der Waals surface area contributed by atoms with Gasteiger partial charge in [-0.15, -0.1) is 11.3 Å². The summed E-state index contributed by atoms with van der Waals surface area (Å²) in [7, 11) is 1.71. The quantitative estimate of drug-likeness (QED) is 0.832. The van der Waals surface area contributed by atoms with Crippen LogP contribution in [0.1, 0.15) is 35.8 Å². The molecular weight excluding hydrogens is 306 g/mol. The van der Waals surface area contributed by atoms with Crippen molar-refractivity contribution < 1.29 is 19.5 Å². The predicted octanol–water partition coefficient (Wildman–Crippen LogP) is 0.757. The Balaban J connectivity index is 1.88. The summed E-state index contributed by atoms with van der Waals surface area (Å²) in [5.74, 6) is -1.62. The van der Waals surface area contributed by atoms with Gasteiger partial charge in [0.05, 0.1) is 10.9 Å². The molecule has 1 atom stereocenters. The minimum Gasteiger partial charge on any atom is -0.476 e. The van der Waals surface area contributed by atoms with Gasteiger partial charge in [-0.1, -0.05) is 0 Å². The highest BCUT2D eigenvalue weighted by Crippen LogP contribution is 2.34. The van der Waals surface area contributed by atoms with Gasteiger partial charge in [0.25, 0.3) is 0 Å². The van der Waals surface area contributed by atoms with Crippen LogP contribution in [-0.4, -0.2) is 51.9 Å². The highest BCUT2D eigenvalue weighted by atomic mass is 32.1. The Bertz CT molecular complexity index is 611. The summed E-state index contributed by atoms with van der Waals surface area (Å²) < 4.78 is 0. The van der Waals surface area contributed by atoms with Crippen LogP contribution in [0.15, 0.2) is 5.38 Å². The third kappa shape index (κ3) is 3.11. The molecule has 2 heterocycles. The van der Waals surface area contributed by atoms with Gasteiger partial charge < -0.3 is 15.3 Å². The Morgan fingerprint density at radius 2 is 2.23 bits per heavy atom. The van der Waals surface area contributed by atoms with Crippen molar-refractivity contribution in [1.29, 1.82) is 0 Å². The first-order valence-electron chi connectivity index (χ1n) is 6.95. The molecule has 2 rings (SSSR count). The predicted molar refractivity (Wildman–Crippen MR) is 80.7 cm³/mol. The second-order valence-corrected chi connectivity index (χ2v) is 6.78. The molecule has 1 aliphatic heterocycles. The lowest BCUT2D eigenvalue weighted by atomic mass is 9.88. The van der Waals surface area contributed by atoms with E-state index >= 15 is 0 Å². The molecule has 1 fully saturated rings. The van der Waals surface area contributed by atoms with E-state index < -0.39 is 11.5 Å². The molecule has 7 nitrogen and oxygen atoms in total. The van der Waals surface area contributed by atoms with Gasteiger partial charge in [0.2, 0.25) is 11.8 Å². The number of hydrogen-bond acceptors (Lipinski definition) is 5. The van der Waals surface area contributed by atoms with Crippen molar-refractivity contribution >= 4 is 29.1 Å². The number of carboxylic acids is 1. The smallest absolute Gasteiger partial charge is 0.355 e. The van der Waals surface area contributed by atoms with Crippen LogP contribution in [0.25, 0.3) is 0 Å². The Morgan fingerprint density at radius 3 is 2.73 bits per heavy atom. The van der Waals surface area contributed by atoms with Crippen LogP contribution in [0.2, 0.25) is 0 Å². The van der Waals surface area contributed by atoms with Gasteiger partial charge in [-0.05, 0) is 13.8 Å². The molecule has 1 unspecified atom stereocenters. The average molecular weight is 325 g/mol. The number of carboxylic acid groups (broad SMARTS) is 1. The summed E-state index contributed by atoms with van der Waals surface area (Å²) in [5.41, 5.74) is -0.478. The first-order chi connectivity index (χ1) is 10.2. The number of carbonyl (C=O) groups excluding carboxylic acids is 2. The lowest BCUT2D eigenvalue weighted by molar-refractivity contribution is -0.128. The van der Waals surface area contributed by atoms with Crippen molar-refractivity contribution in [3.8, 4) is 0 Å². The fourth-order valence-electron chi connectivity index (χ4n) is 2.47. The van der Waals surface area contributed by atoms with Gasteiger partial charge in [-0.3, -0.25) is 9.59 Å². The molecule has 0 aromatic carbocycles. The van der Waals surface area contributed by atoms with Crippen molar-refractivity contribution in [1.82, 2.24) is 15.2 Å². The molecule has 1 saturated heterocycles. The minimum absolute atomic E-state index is 0.0236. The molecule has 0 bridgehead atoms. The van der Waals surface area contributed by atoms with Crippen molar-refractivity contribution in [3.05, 3.63) is 16.1 Å². The average Bonchev–Trinajstić information content (AvgIpc) is 2.98. The number of thiazole rings is 1. The molecule has 0 radical (unpaired) electrons. The van der Waals surface area contributed by atoms with Crippen LogP contribution >= 0.6 is 11.3 Å². The zero-order chi connectivity index (χ0) is 16.5. The first-order valence-corrected chi connectivity index (χ1v) is 7.83. The summed E-state index contributed by atoms with van der Waals surface area (Å²) in [6.07, 6.45) is 0.691. The van der Waals surface area contributed by atoms with Crippen molar-refractivity contribution in [2.24, 2.45) is 5.92 Å². The molecule has 0 aliphatic carbocycles.